The van der Waals surface area contributed by atoms with Crippen LogP contribution in [0.1, 0.15) is 33.0 Å². The number of hydrogen-bond donors (Lipinski definition) is 2. The molecule has 3 aromatic heterocycles. The van der Waals surface area contributed by atoms with Gasteiger partial charge in [-0.15, -0.1) is 16.4 Å². The van der Waals surface area contributed by atoms with E-state index < -0.39 is 11.7 Å². The van der Waals surface area contributed by atoms with E-state index in [1.165, 1.54) is 0 Å². The van der Waals surface area contributed by atoms with Crippen LogP contribution in [-0.4, -0.2) is 43.9 Å². The van der Waals surface area contributed by atoms with E-state index in [0.717, 1.165) is 10.6 Å². The van der Waals surface area contributed by atoms with Crippen LogP contribution in [0.5, 0.6) is 0 Å². The third-order valence-corrected chi connectivity index (χ3v) is 4.67. The topological polar surface area (TPSA) is 107 Å². The van der Waals surface area contributed by atoms with Gasteiger partial charge in [0.2, 0.25) is 0 Å². The Kier molecular flexibility index (Phi) is 5.71. The van der Waals surface area contributed by atoms with Gasteiger partial charge >= 0.3 is 6.09 Å². The lowest BCUT2D eigenvalue weighted by atomic mass is 10.1. The molecule has 1 atom stereocenters. The summed E-state index contributed by atoms with van der Waals surface area (Å²) in [5.41, 5.74) is 6.19. The predicted molar refractivity (Wildman–Crippen MR) is 105 cm³/mol. The molecular weight excluding hydrogens is 364 g/mol. The van der Waals surface area contributed by atoms with Gasteiger partial charge in [-0.25, -0.2) is 9.78 Å². The summed E-state index contributed by atoms with van der Waals surface area (Å²) in [5, 5.41) is 9.40. The Hall–Kier alpha value is -2.52. The standard InChI is InChI=1S/C18H24N6O2S/c1-18(2,3)26-17(25)21-12(11-19)6-7-15-22-16-20-9-8-13(24(16)23-15)14-5-4-10-27-14/h4-5,8-10,12H,6-7,11,19H2,1-3H3,(H,21,25)/t12-/m0/s1. The molecule has 0 bridgehead atoms. The molecule has 0 aliphatic rings. The van der Waals surface area contributed by atoms with E-state index in [1.54, 1.807) is 22.0 Å². The predicted octanol–water partition coefficient (Wildman–Crippen LogP) is 2.64. The Morgan fingerprint density at radius 1 is 1.41 bits per heavy atom. The maximum atomic E-state index is 11.9. The van der Waals surface area contributed by atoms with Crippen molar-refractivity contribution in [3.8, 4) is 10.6 Å². The molecule has 3 heterocycles. The highest BCUT2D eigenvalue weighted by atomic mass is 32.1. The van der Waals surface area contributed by atoms with Gasteiger partial charge in [0, 0.05) is 25.2 Å². The number of aromatic nitrogens is 4. The molecule has 0 unspecified atom stereocenters. The molecule has 0 saturated carbocycles. The average Bonchev–Trinajstić information content (AvgIpc) is 3.25. The van der Waals surface area contributed by atoms with Crippen LogP contribution >= 0.6 is 11.3 Å². The number of ether oxygens (including phenoxy) is 1. The molecule has 3 rings (SSSR count). The summed E-state index contributed by atoms with van der Waals surface area (Å²) in [7, 11) is 0. The van der Waals surface area contributed by atoms with Gasteiger partial charge in [-0.1, -0.05) is 6.07 Å². The highest BCUT2D eigenvalue weighted by Crippen LogP contribution is 2.24. The van der Waals surface area contributed by atoms with Crippen LogP contribution in [0, 0.1) is 0 Å². The lowest BCUT2D eigenvalue weighted by Crippen LogP contribution is -2.43. The number of hydrogen-bond acceptors (Lipinski definition) is 7. The van der Waals surface area contributed by atoms with E-state index in [0.29, 0.717) is 31.0 Å². The zero-order valence-corrected chi connectivity index (χ0v) is 16.5. The maximum Gasteiger partial charge on any atom is 0.407 e. The Bertz CT molecular complexity index is 900. The molecular formula is C18H24N6O2S. The van der Waals surface area contributed by atoms with Gasteiger partial charge in [-0.2, -0.15) is 9.50 Å². The summed E-state index contributed by atoms with van der Waals surface area (Å²) < 4.78 is 7.03. The van der Waals surface area contributed by atoms with Crippen molar-refractivity contribution in [3.63, 3.8) is 0 Å². The van der Waals surface area contributed by atoms with Gasteiger partial charge in [-0.05, 0) is 44.7 Å². The Labute approximate surface area is 161 Å². The zero-order chi connectivity index (χ0) is 19.4. The molecule has 3 N–H and O–H groups in total. The monoisotopic (exact) mass is 388 g/mol. The third kappa shape index (κ3) is 5.01. The number of nitrogens with two attached hydrogens (primary N) is 1. The van der Waals surface area contributed by atoms with Crippen LogP contribution in [-0.2, 0) is 11.2 Å². The minimum atomic E-state index is -0.545. The lowest BCUT2D eigenvalue weighted by Gasteiger charge is -2.22. The first-order chi connectivity index (χ1) is 12.9. The first-order valence-corrected chi connectivity index (χ1v) is 9.68. The van der Waals surface area contributed by atoms with Crippen molar-refractivity contribution >= 4 is 23.2 Å². The van der Waals surface area contributed by atoms with Gasteiger partial charge in [0.15, 0.2) is 5.82 Å². The number of alkyl carbamates (subject to hydrolysis) is 1. The van der Waals surface area contributed by atoms with E-state index in [-0.39, 0.29) is 6.04 Å². The lowest BCUT2D eigenvalue weighted by molar-refractivity contribution is 0.0503. The molecule has 0 aliphatic heterocycles. The van der Waals surface area contributed by atoms with Crippen molar-refractivity contribution in [2.75, 3.05) is 6.54 Å². The van der Waals surface area contributed by atoms with Crippen LogP contribution in [0.2, 0.25) is 0 Å². The van der Waals surface area contributed by atoms with Gasteiger partial charge < -0.3 is 15.8 Å². The molecule has 0 radical (unpaired) electrons. The Morgan fingerprint density at radius 3 is 2.89 bits per heavy atom. The van der Waals surface area contributed by atoms with E-state index in [9.17, 15) is 4.79 Å². The second-order valence-electron chi connectivity index (χ2n) is 7.16. The third-order valence-electron chi connectivity index (χ3n) is 3.78. The molecule has 9 heteroatoms. The highest BCUT2D eigenvalue weighted by Gasteiger charge is 2.19. The zero-order valence-electron chi connectivity index (χ0n) is 15.7. The van der Waals surface area contributed by atoms with E-state index in [2.05, 4.69) is 20.4 Å². The molecule has 27 heavy (non-hydrogen) atoms. The molecule has 0 aliphatic carbocycles. The summed E-state index contributed by atoms with van der Waals surface area (Å²) in [6, 6.07) is 5.74. The van der Waals surface area contributed by atoms with Crippen LogP contribution in [0.4, 0.5) is 4.79 Å². The fourth-order valence-electron chi connectivity index (χ4n) is 2.58. The van der Waals surface area contributed by atoms with Crippen molar-refractivity contribution in [1.29, 1.82) is 0 Å². The van der Waals surface area contributed by atoms with E-state index in [1.807, 2.05) is 44.4 Å². The summed E-state index contributed by atoms with van der Waals surface area (Å²) in [6.45, 7) is 5.78. The Balaban J connectivity index is 1.68. The Morgan fingerprint density at radius 2 is 2.22 bits per heavy atom. The van der Waals surface area contributed by atoms with Crippen LogP contribution in [0.15, 0.2) is 29.8 Å². The molecule has 3 aromatic rings. The van der Waals surface area contributed by atoms with Crippen LogP contribution < -0.4 is 11.1 Å². The van der Waals surface area contributed by atoms with E-state index >= 15 is 0 Å². The number of rotatable bonds is 6. The summed E-state index contributed by atoms with van der Waals surface area (Å²) in [6.07, 6.45) is 2.45. The number of thiophene rings is 1. The molecule has 0 spiro atoms. The van der Waals surface area contributed by atoms with Crippen LogP contribution in [0.3, 0.4) is 0 Å². The molecule has 1 amide bonds. The maximum absolute atomic E-state index is 11.9. The summed E-state index contributed by atoms with van der Waals surface area (Å²) in [5.74, 6) is 1.22. The number of carbonyl (C=O) groups is 1. The van der Waals surface area contributed by atoms with Crippen molar-refractivity contribution in [1.82, 2.24) is 24.9 Å². The number of carbonyl (C=O) groups excluding carboxylic acids is 1. The number of fused-ring (bicyclic) bond motifs is 1. The van der Waals surface area contributed by atoms with Gasteiger partial charge in [0.05, 0.1) is 10.6 Å². The first kappa shape index (κ1) is 19.2. The van der Waals surface area contributed by atoms with Crippen molar-refractivity contribution in [2.24, 2.45) is 5.73 Å². The molecule has 0 aromatic carbocycles. The van der Waals surface area contributed by atoms with Crippen LogP contribution in [0.25, 0.3) is 16.3 Å². The fourth-order valence-corrected chi connectivity index (χ4v) is 3.31. The molecule has 0 fully saturated rings. The second-order valence-corrected chi connectivity index (χ2v) is 8.11. The van der Waals surface area contributed by atoms with Crippen molar-refractivity contribution < 1.29 is 9.53 Å². The second kappa shape index (κ2) is 8.01. The molecule has 8 nitrogen and oxygen atoms in total. The van der Waals surface area contributed by atoms with E-state index in [4.69, 9.17) is 10.5 Å². The van der Waals surface area contributed by atoms with Crippen molar-refractivity contribution in [2.45, 2.75) is 45.3 Å². The van der Waals surface area contributed by atoms with Crippen molar-refractivity contribution in [3.05, 3.63) is 35.6 Å². The average molecular weight is 388 g/mol. The summed E-state index contributed by atoms with van der Waals surface area (Å²) in [4.78, 5) is 21.8. The first-order valence-electron chi connectivity index (χ1n) is 8.80. The van der Waals surface area contributed by atoms with Gasteiger partial charge in [-0.3, -0.25) is 0 Å². The number of aryl methyl sites for hydroxylation is 1. The van der Waals surface area contributed by atoms with Gasteiger partial charge in [0.1, 0.15) is 5.60 Å². The minimum Gasteiger partial charge on any atom is -0.444 e. The SMILES string of the molecule is CC(C)(C)OC(=O)N[C@H](CN)CCc1nc2nccc(-c3cccs3)n2n1. The molecule has 0 saturated heterocycles. The molecule has 144 valence electrons. The summed E-state index contributed by atoms with van der Waals surface area (Å²) >= 11 is 1.64. The smallest absolute Gasteiger partial charge is 0.407 e. The number of nitrogens with zero attached hydrogens (tertiary/aromatic N) is 4. The largest absolute Gasteiger partial charge is 0.444 e. The van der Waals surface area contributed by atoms with Gasteiger partial charge in [0.25, 0.3) is 5.78 Å². The normalized spacial score (nSPS) is 12.9. The minimum absolute atomic E-state index is 0.212. The highest BCUT2D eigenvalue weighted by molar-refractivity contribution is 7.13. The fraction of sp³-hybridized carbons (Fsp3) is 0.444. The quantitative estimate of drug-likeness (QED) is 0.672. The number of amides is 1. The number of nitrogens with one attached hydrogen (secondary N) is 1.